The van der Waals surface area contributed by atoms with E-state index in [4.69, 9.17) is 9.98 Å². The van der Waals surface area contributed by atoms with Crippen LogP contribution in [0, 0.1) is 6.92 Å². The van der Waals surface area contributed by atoms with Gasteiger partial charge in [0.15, 0.2) is 5.65 Å². The minimum absolute atomic E-state index is 0.731. The highest BCUT2D eigenvalue weighted by atomic mass is 15.1. The van der Waals surface area contributed by atoms with Gasteiger partial charge in [-0.05, 0) is 70.1 Å². The Morgan fingerprint density at radius 3 is 2.69 bits per heavy atom. The highest BCUT2D eigenvalue weighted by molar-refractivity contribution is 5.98. The van der Waals surface area contributed by atoms with E-state index in [1.807, 2.05) is 56.7 Å². The lowest BCUT2D eigenvalue weighted by molar-refractivity contribution is 0.318. The molecule has 4 rings (SSSR count). The van der Waals surface area contributed by atoms with Crippen LogP contribution in [0.2, 0.25) is 0 Å². The van der Waals surface area contributed by atoms with Crippen molar-refractivity contribution in [2.45, 2.75) is 59.9 Å². The van der Waals surface area contributed by atoms with Gasteiger partial charge in [0, 0.05) is 52.9 Å². The van der Waals surface area contributed by atoms with Gasteiger partial charge < -0.3 is 4.90 Å². The van der Waals surface area contributed by atoms with Crippen LogP contribution in [0.1, 0.15) is 69.1 Å². The zero-order valence-corrected chi connectivity index (χ0v) is 23.8. The van der Waals surface area contributed by atoms with Gasteiger partial charge in [0.05, 0.1) is 17.6 Å². The molecular formula is C32H39N7. The summed E-state index contributed by atoms with van der Waals surface area (Å²) in [4.78, 5) is 21.1. The van der Waals surface area contributed by atoms with E-state index in [-0.39, 0.29) is 0 Å². The lowest BCUT2D eigenvalue weighted by Crippen LogP contribution is -2.19. The molecule has 202 valence electrons. The number of aromatic amines is 1. The molecule has 4 heterocycles. The largest absolute Gasteiger partial charge is 0.302 e. The number of hydrogen-bond acceptors (Lipinski definition) is 6. The first-order valence-corrected chi connectivity index (χ1v) is 13.8. The normalized spacial score (nSPS) is 12.8. The second-order valence-electron chi connectivity index (χ2n) is 9.82. The molecule has 0 atom stereocenters. The fraction of sp³-hybridized carbons (Fsp3) is 0.344. The fourth-order valence-electron chi connectivity index (χ4n) is 4.65. The molecule has 0 aliphatic rings. The van der Waals surface area contributed by atoms with Gasteiger partial charge in [0.25, 0.3) is 0 Å². The number of hydrogen-bond donors (Lipinski definition) is 1. The second-order valence-corrected chi connectivity index (χ2v) is 9.82. The molecular weight excluding hydrogens is 482 g/mol. The standard InChI is InChI=1S/C32H39N7/c1-6-9-12-16-39(5)22-24-17-27(23(4)34-19-24)25-18-28-31(37-38-32(28)36-20-25)21-35-29(13-7-2)26(8-3)30-14-10-11-15-33-30/h8,10-11,13-15,17-21H,6-7,9,12,16,22H2,1-5H3,(H,36,37,38)/b26-8+,29-13+,35-21+. The third-order valence-corrected chi connectivity index (χ3v) is 6.73. The lowest BCUT2D eigenvalue weighted by atomic mass is 10.0. The van der Waals surface area contributed by atoms with Crippen LogP contribution in [0.25, 0.3) is 27.7 Å². The van der Waals surface area contributed by atoms with Gasteiger partial charge in [-0.2, -0.15) is 5.10 Å². The van der Waals surface area contributed by atoms with Crippen LogP contribution < -0.4 is 0 Å². The van der Waals surface area contributed by atoms with E-state index in [9.17, 15) is 0 Å². The van der Waals surface area contributed by atoms with Gasteiger partial charge in [-0.3, -0.25) is 20.1 Å². The minimum atomic E-state index is 0.731. The van der Waals surface area contributed by atoms with Crippen molar-refractivity contribution in [3.63, 3.8) is 0 Å². The Morgan fingerprint density at radius 2 is 1.95 bits per heavy atom. The molecule has 0 radical (unpaired) electrons. The molecule has 0 bridgehead atoms. The SMILES string of the molecule is C\C=C(C(=C\CC)/N=C/c1n[nH]c2ncc(-c3cc(CN(C)CCCCC)cnc3C)cc12)\c1ccccn1. The maximum atomic E-state index is 4.85. The Morgan fingerprint density at radius 1 is 1.08 bits per heavy atom. The summed E-state index contributed by atoms with van der Waals surface area (Å²) in [6, 6.07) is 10.3. The Kier molecular flexibility index (Phi) is 9.86. The average Bonchev–Trinajstić information content (AvgIpc) is 3.36. The summed E-state index contributed by atoms with van der Waals surface area (Å²) >= 11 is 0. The quantitative estimate of drug-likeness (QED) is 0.121. The number of aryl methyl sites for hydroxylation is 1. The van der Waals surface area contributed by atoms with E-state index in [0.717, 1.165) is 70.0 Å². The molecule has 1 N–H and O–H groups in total. The number of H-pyrrole nitrogens is 1. The van der Waals surface area contributed by atoms with E-state index in [1.54, 1.807) is 6.20 Å². The van der Waals surface area contributed by atoms with Gasteiger partial charge >= 0.3 is 0 Å². The number of fused-ring (bicyclic) bond motifs is 1. The number of nitrogens with zero attached hydrogens (tertiary/aromatic N) is 6. The van der Waals surface area contributed by atoms with Crippen molar-refractivity contribution < 1.29 is 0 Å². The second kappa shape index (κ2) is 13.7. The predicted octanol–water partition coefficient (Wildman–Crippen LogP) is 7.16. The molecule has 7 heteroatoms. The van der Waals surface area contributed by atoms with Crippen molar-refractivity contribution in [3.8, 4) is 11.1 Å². The molecule has 4 aromatic rings. The van der Waals surface area contributed by atoms with Gasteiger partial charge in [-0.15, -0.1) is 0 Å². The molecule has 0 aliphatic carbocycles. The maximum Gasteiger partial charge on any atom is 0.155 e. The molecule has 0 saturated carbocycles. The van der Waals surface area contributed by atoms with Crippen LogP contribution in [0.5, 0.6) is 0 Å². The minimum Gasteiger partial charge on any atom is -0.302 e. The van der Waals surface area contributed by atoms with Crippen molar-refractivity contribution >= 4 is 22.8 Å². The van der Waals surface area contributed by atoms with Crippen LogP contribution in [0.4, 0.5) is 0 Å². The number of rotatable bonds is 12. The predicted molar refractivity (Wildman–Crippen MR) is 162 cm³/mol. The van der Waals surface area contributed by atoms with Gasteiger partial charge in [-0.25, -0.2) is 4.98 Å². The Balaban J connectivity index is 1.62. The summed E-state index contributed by atoms with van der Waals surface area (Å²) in [5, 5.41) is 8.49. The first-order chi connectivity index (χ1) is 19.0. The molecule has 4 aromatic heterocycles. The van der Waals surface area contributed by atoms with Crippen LogP contribution >= 0.6 is 0 Å². The molecule has 0 spiro atoms. The van der Waals surface area contributed by atoms with E-state index in [2.05, 4.69) is 64.2 Å². The first-order valence-electron chi connectivity index (χ1n) is 13.8. The molecule has 0 amide bonds. The maximum absolute atomic E-state index is 4.85. The third kappa shape index (κ3) is 7.12. The zero-order valence-electron chi connectivity index (χ0n) is 23.8. The van der Waals surface area contributed by atoms with Gasteiger partial charge in [0.1, 0.15) is 5.69 Å². The van der Waals surface area contributed by atoms with Crippen molar-refractivity contribution in [2.24, 2.45) is 4.99 Å². The molecule has 0 unspecified atom stereocenters. The third-order valence-electron chi connectivity index (χ3n) is 6.73. The molecule has 0 fully saturated rings. The monoisotopic (exact) mass is 521 g/mol. The number of aromatic nitrogens is 5. The molecule has 0 aliphatic heterocycles. The molecule has 0 aromatic carbocycles. The molecule has 7 nitrogen and oxygen atoms in total. The number of nitrogens with one attached hydrogen (secondary N) is 1. The lowest BCUT2D eigenvalue weighted by Gasteiger charge is -2.17. The Bertz CT molecular complexity index is 1460. The number of allylic oxidation sites excluding steroid dienone is 3. The Labute approximate surface area is 231 Å². The van der Waals surface area contributed by atoms with Crippen molar-refractivity contribution in [1.82, 2.24) is 30.0 Å². The zero-order chi connectivity index (χ0) is 27.6. The summed E-state index contributed by atoms with van der Waals surface area (Å²) in [6.07, 6.45) is 16.2. The van der Waals surface area contributed by atoms with Gasteiger partial charge in [-0.1, -0.05) is 44.9 Å². The average molecular weight is 522 g/mol. The summed E-state index contributed by atoms with van der Waals surface area (Å²) in [5.74, 6) is 0. The molecule has 39 heavy (non-hydrogen) atoms. The fourth-order valence-corrected chi connectivity index (χ4v) is 4.65. The van der Waals surface area contributed by atoms with Gasteiger partial charge in [0.2, 0.25) is 0 Å². The summed E-state index contributed by atoms with van der Waals surface area (Å²) < 4.78 is 0. The number of unbranched alkanes of at least 4 members (excludes halogenated alkanes) is 2. The summed E-state index contributed by atoms with van der Waals surface area (Å²) in [7, 11) is 2.17. The summed E-state index contributed by atoms with van der Waals surface area (Å²) in [6.45, 7) is 10.4. The smallest absolute Gasteiger partial charge is 0.155 e. The van der Waals surface area contributed by atoms with Crippen LogP contribution in [0.15, 0.2) is 71.8 Å². The van der Waals surface area contributed by atoms with E-state index < -0.39 is 0 Å². The van der Waals surface area contributed by atoms with Crippen molar-refractivity contribution in [1.29, 1.82) is 0 Å². The number of aliphatic imine (C=N–C) groups is 1. The van der Waals surface area contributed by atoms with E-state index in [0.29, 0.717) is 0 Å². The van der Waals surface area contributed by atoms with Crippen LogP contribution in [0.3, 0.4) is 0 Å². The van der Waals surface area contributed by atoms with E-state index >= 15 is 0 Å². The van der Waals surface area contributed by atoms with Crippen molar-refractivity contribution in [2.75, 3.05) is 13.6 Å². The summed E-state index contributed by atoms with van der Waals surface area (Å²) in [5.41, 5.74) is 8.52. The highest BCUT2D eigenvalue weighted by Crippen LogP contribution is 2.27. The molecule has 0 saturated heterocycles. The first kappa shape index (κ1) is 28.0. The highest BCUT2D eigenvalue weighted by Gasteiger charge is 2.12. The number of pyridine rings is 3. The van der Waals surface area contributed by atoms with Crippen molar-refractivity contribution in [3.05, 3.63) is 89.4 Å². The topological polar surface area (TPSA) is 83.0 Å². The van der Waals surface area contributed by atoms with Crippen LogP contribution in [-0.4, -0.2) is 49.9 Å². The van der Waals surface area contributed by atoms with E-state index in [1.165, 1.54) is 24.8 Å². The van der Waals surface area contributed by atoms with Crippen LogP contribution in [-0.2, 0) is 6.54 Å². The Hall–Kier alpha value is -3.97.